The number of carbonyl (C=O) groups is 1. The lowest BCUT2D eigenvalue weighted by Crippen LogP contribution is -2.34. The van der Waals surface area contributed by atoms with Crippen molar-refractivity contribution in [3.8, 4) is 11.1 Å². The van der Waals surface area contributed by atoms with E-state index in [1.54, 1.807) is 4.90 Å². The summed E-state index contributed by atoms with van der Waals surface area (Å²) in [5, 5.41) is 0.479. The smallest absolute Gasteiger partial charge is 0.337 e. The molecule has 1 aliphatic rings. The highest BCUT2D eigenvalue weighted by Crippen LogP contribution is 2.31. The van der Waals surface area contributed by atoms with Crippen molar-refractivity contribution in [2.75, 3.05) is 19.6 Å². The molecule has 1 fully saturated rings. The van der Waals surface area contributed by atoms with Gasteiger partial charge >= 0.3 is 6.18 Å². The SMILES string of the molecule is CCN(Cc1ccc(-c2ccc(C(F)(F)F)cc2)cc1)C(=O)Cn1c(CCc2cccc(F)c2F)cc(=O)c2ccc(CN3CCCCC3)cc21. The summed E-state index contributed by atoms with van der Waals surface area (Å²) in [6.45, 7) is 5.23. The quantitative estimate of drug-likeness (QED) is 0.129. The number of likely N-dealkylation sites (N-methyl/N-ethyl adjacent to an activating group) is 1. The largest absolute Gasteiger partial charge is 0.416 e. The zero-order valence-electron chi connectivity index (χ0n) is 28.5. The van der Waals surface area contributed by atoms with Crippen LogP contribution in [0.1, 0.15) is 54.1 Å². The second kappa shape index (κ2) is 15.6. The third-order valence-electron chi connectivity index (χ3n) is 9.70. The first-order valence-electron chi connectivity index (χ1n) is 17.3. The fraction of sp³-hybridized carbons (Fsp3) is 0.317. The number of aromatic nitrogens is 1. The lowest BCUT2D eigenvalue weighted by Gasteiger charge is -2.27. The number of amides is 1. The van der Waals surface area contributed by atoms with Gasteiger partial charge in [-0.3, -0.25) is 14.5 Å². The Balaban J connectivity index is 1.27. The molecule has 5 nitrogen and oxygen atoms in total. The van der Waals surface area contributed by atoms with Gasteiger partial charge in [0.05, 0.1) is 11.1 Å². The Morgan fingerprint density at radius 1 is 0.804 bits per heavy atom. The van der Waals surface area contributed by atoms with Crippen LogP contribution in [0.15, 0.2) is 95.8 Å². The van der Waals surface area contributed by atoms with Gasteiger partial charge in [0, 0.05) is 36.8 Å². The van der Waals surface area contributed by atoms with Crippen LogP contribution in [0.2, 0.25) is 0 Å². The van der Waals surface area contributed by atoms with E-state index in [0.717, 1.165) is 67.4 Å². The minimum Gasteiger partial charge on any atom is -0.337 e. The molecule has 6 rings (SSSR count). The summed E-state index contributed by atoms with van der Waals surface area (Å²) in [4.78, 5) is 31.5. The number of alkyl halides is 3. The van der Waals surface area contributed by atoms with E-state index in [-0.39, 0.29) is 36.3 Å². The lowest BCUT2D eigenvalue weighted by molar-refractivity contribution is -0.137. The third-order valence-corrected chi connectivity index (χ3v) is 9.70. The van der Waals surface area contributed by atoms with Crippen LogP contribution in [-0.2, 0) is 43.4 Å². The Kier molecular flexibility index (Phi) is 11.0. The Morgan fingerprint density at radius 2 is 1.47 bits per heavy atom. The van der Waals surface area contributed by atoms with Crippen molar-refractivity contribution in [3.63, 3.8) is 0 Å². The molecule has 0 bridgehead atoms. The summed E-state index contributed by atoms with van der Waals surface area (Å²) in [6, 6.07) is 23.6. The molecule has 1 aliphatic heterocycles. The second-order valence-electron chi connectivity index (χ2n) is 13.2. The first kappa shape index (κ1) is 36.0. The Morgan fingerprint density at radius 3 is 2.14 bits per heavy atom. The average molecular weight is 702 g/mol. The van der Waals surface area contributed by atoms with E-state index in [0.29, 0.717) is 35.2 Å². The Bertz CT molecular complexity index is 2050. The number of pyridine rings is 1. The van der Waals surface area contributed by atoms with Crippen molar-refractivity contribution in [1.82, 2.24) is 14.4 Å². The van der Waals surface area contributed by atoms with Gasteiger partial charge in [-0.2, -0.15) is 13.2 Å². The molecule has 0 saturated carbocycles. The van der Waals surface area contributed by atoms with Gasteiger partial charge in [-0.25, -0.2) is 8.78 Å². The van der Waals surface area contributed by atoms with E-state index in [1.807, 2.05) is 54.0 Å². The van der Waals surface area contributed by atoms with E-state index < -0.39 is 23.4 Å². The summed E-state index contributed by atoms with van der Waals surface area (Å²) in [5.41, 5.74) is 3.72. The molecule has 1 amide bonds. The number of halogens is 5. The van der Waals surface area contributed by atoms with Crippen molar-refractivity contribution in [3.05, 3.63) is 141 Å². The van der Waals surface area contributed by atoms with Crippen LogP contribution >= 0.6 is 0 Å². The van der Waals surface area contributed by atoms with Gasteiger partial charge in [-0.15, -0.1) is 0 Å². The lowest BCUT2D eigenvalue weighted by atomic mass is 10.0. The number of rotatable bonds is 11. The average Bonchev–Trinajstić information content (AvgIpc) is 3.13. The highest BCUT2D eigenvalue weighted by Gasteiger charge is 2.30. The van der Waals surface area contributed by atoms with Gasteiger partial charge in [0.1, 0.15) is 6.54 Å². The van der Waals surface area contributed by atoms with Crippen molar-refractivity contribution in [2.24, 2.45) is 0 Å². The van der Waals surface area contributed by atoms with E-state index in [4.69, 9.17) is 0 Å². The topological polar surface area (TPSA) is 45.6 Å². The van der Waals surface area contributed by atoms with Gasteiger partial charge in [0.25, 0.3) is 0 Å². The van der Waals surface area contributed by atoms with Gasteiger partial charge in [-0.1, -0.05) is 61.0 Å². The van der Waals surface area contributed by atoms with Crippen LogP contribution in [0.3, 0.4) is 0 Å². The van der Waals surface area contributed by atoms with Gasteiger partial charge in [-0.05, 0) is 104 Å². The van der Waals surface area contributed by atoms with E-state index in [2.05, 4.69) is 4.90 Å². The predicted octanol–water partition coefficient (Wildman–Crippen LogP) is 8.79. The number of likely N-dealkylation sites (tertiary alicyclic amines) is 1. The minimum absolute atomic E-state index is 0.0671. The molecule has 0 spiro atoms. The van der Waals surface area contributed by atoms with E-state index in [9.17, 15) is 31.5 Å². The van der Waals surface area contributed by atoms with Crippen molar-refractivity contribution in [1.29, 1.82) is 0 Å². The summed E-state index contributed by atoms with van der Waals surface area (Å²) in [7, 11) is 0. The standard InChI is InChI=1S/C41H40F5N3O2/c1-2-48(26-28-9-12-30(13-10-28)31-14-17-33(18-15-31)41(44,45)46)39(51)27-49-34(19-16-32-7-6-8-36(42)40(32)43)24-38(50)35-20-11-29(23-37(35)49)25-47-21-4-3-5-22-47/h6-15,17-18,20,23-24H,2-5,16,19,21-22,25-27H2,1H3. The fourth-order valence-corrected chi connectivity index (χ4v) is 6.83. The van der Waals surface area contributed by atoms with Crippen LogP contribution in [0.4, 0.5) is 22.0 Å². The molecule has 2 heterocycles. The maximum Gasteiger partial charge on any atom is 0.416 e. The number of fused-ring (bicyclic) bond motifs is 1. The first-order valence-corrected chi connectivity index (χ1v) is 17.3. The monoisotopic (exact) mass is 701 g/mol. The molecule has 51 heavy (non-hydrogen) atoms. The van der Waals surface area contributed by atoms with Gasteiger partial charge in [0.15, 0.2) is 17.1 Å². The van der Waals surface area contributed by atoms with Crippen molar-refractivity contribution in [2.45, 2.75) is 64.8 Å². The second-order valence-corrected chi connectivity index (χ2v) is 13.2. The van der Waals surface area contributed by atoms with Gasteiger partial charge < -0.3 is 9.47 Å². The number of nitrogens with zero attached hydrogens (tertiary/aromatic N) is 3. The number of benzene rings is 4. The molecule has 0 N–H and O–H groups in total. The molecule has 4 aromatic carbocycles. The number of aryl methyl sites for hydroxylation is 2. The predicted molar refractivity (Wildman–Crippen MR) is 189 cm³/mol. The van der Waals surface area contributed by atoms with Crippen LogP contribution in [0, 0.1) is 11.6 Å². The van der Waals surface area contributed by atoms with E-state index in [1.165, 1.54) is 36.8 Å². The molecule has 0 aliphatic carbocycles. The molecular formula is C41H40F5N3O2. The minimum atomic E-state index is -4.41. The Hall–Kier alpha value is -4.83. The van der Waals surface area contributed by atoms with Gasteiger partial charge in [0.2, 0.25) is 5.91 Å². The fourth-order valence-electron chi connectivity index (χ4n) is 6.83. The zero-order chi connectivity index (χ0) is 36.1. The Labute approximate surface area is 293 Å². The molecule has 5 aromatic rings. The summed E-state index contributed by atoms with van der Waals surface area (Å²) in [5.74, 6) is -2.05. The maximum absolute atomic E-state index is 14.6. The first-order chi connectivity index (χ1) is 24.5. The number of carbonyl (C=O) groups excluding carboxylic acids is 1. The summed E-state index contributed by atoms with van der Waals surface area (Å²) < 4.78 is 69.5. The summed E-state index contributed by atoms with van der Waals surface area (Å²) in [6.07, 6.45) is -0.569. The number of hydrogen-bond donors (Lipinski definition) is 0. The number of hydrogen-bond acceptors (Lipinski definition) is 3. The third kappa shape index (κ3) is 8.56. The molecule has 1 aromatic heterocycles. The highest BCUT2D eigenvalue weighted by atomic mass is 19.4. The van der Waals surface area contributed by atoms with Crippen LogP contribution < -0.4 is 5.43 Å². The molecule has 266 valence electrons. The van der Waals surface area contributed by atoms with Crippen molar-refractivity contribution >= 4 is 16.8 Å². The highest BCUT2D eigenvalue weighted by molar-refractivity contribution is 5.83. The molecule has 10 heteroatoms. The molecule has 0 atom stereocenters. The molecule has 0 radical (unpaired) electrons. The molecule has 0 unspecified atom stereocenters. The normalized spacial score (nSPS) is 13.8. The van der Waals surface area contributed by atoms with Crippen LogP contribution in [0.25, 0.3) is 22.0 Å². The van der Waals surface area contributed by atoms with Crippen LogP contribution in [-0.4, -0.2) is 39.9 Å². The van der Waals surface area contributed by atoms with E-state index >= 15 is 0 Å². The maximum atomic E-state index is 14.6. The molecule has 1 saturated heterocycles. The zero-order valence-corrected chi connectivity index (χ0v) is 28.5. The molecular weight excluding hydrogens is 661 g/mol. The van der Waals surface area contributed by atoms with Crippen LogP contribution in [0.5, 0.6) is 0 Å². The summed E-state index contributed by atoms with van der Waals surface area (Å²) >= 11 is 0. The number of piperidine rings is 1. The van der Waals surface area contributed by atoms with Crippen molar-refractivity contribution < 1.29 is 26.7 Å².